The number of halogens is 3. The summed E-state index contributed by atoms with van der Waals surface area (Å²) in [6.45, 7) is -0.191. The van der Waals surface area contributed by atoms with Crippen molar-refractivity contribution in [2.45, 2.75) is 12.3 Å². The van der Waals surface area contributed by atoms with Crippen LogP contribution in [0.25, 0.3) is 0 Å². The lowest BCUT2D eigenvalue weighted by atomic mass is 10.2. The topological polar surface area (TPSA) is 49.8 Å². The van der Waals surface area contributed by atoms with Crippen LogP contribution in [-0.2, 0) is 10.9 Å². The van der Waals surface area contributed by atoms with E-state index in [1.54, 1.807) is 0 Å². The number of carbonyl (C=O) groups is 1. The Morgan fingerprint density at radius 1 is 1.33 bits per heavy atom. The van der Waals surface area contributed by atoms with Crippen molar-refractivity contribution in [3.63, 3.8) is 0 Å². The molecule has 4 nitrogen and oxygen atoms in total. The standard InChI is InChI=1S/C11H10F3NO3/c12-11(13,14)7-1-3-8(4-2-7)15-5-9(6-16)18-10(15)17/h1-4,9,16H,5-6H2. The highest BCUT2D eigenvalue weighted by atomic mass is 19.4. The average Bonchev–Trinajstić information content (AvgIpc) is 2.70. The molecule has 1 N–H and O–H groups in total. The van der Waals surface area contributed by atoms with Crippen molar-refractivity contribution < 1.29 is 27.8 Å². The number of nitrogens with zero attached hydrogens (tertiary/aromatic N) is 1. The molecule has 1 saturated heterocycles. The maximum Gasteiger partial charge on any atom is 0.416 e. The third-order valence-corrected chi connectivity index (χ3v) is 2.58. The lowest BCUT2D eigenvalue weighted by Crippen LogP contribution is -2.25. The Labute approximate surface area is 101 Å². The molecule has 1 fully saturated rings. The first kappa shape index (κ1) is 12.7. The lowest BCUT2D eigenvalue weighted by molar-refractivity contribution is -0.137. The van der Waals surface area contributed by atoms with Gasteiger partial charge in [-0.3, -0.25) is 4.90 Å². The van der Waals surface area contributed by atoms with Crippen molar-refractivity contribution in [3.05, 3.63) is 29.8 Å². The van der Waals surface area contributed by atoms with E-state index in [1.165, 1.54) is 17.0 Å². The van der Waals surface area contributed by atoms with Crippen molar-refractivity contribution in [3.8, 4) is 0 Å². The fourth-order valence-electron chi connectivity index (χ4n) is 1.66. The van der Waals surface area contributed by atoms with Crippen molar-refractivity contribution in [1.82, 2.24) is 0 Å². The van der Waals surface area contributed by atoms with Crippen molar-refractivity contribution in [2.75, 3.05) is 18.1 Å². The molecule has 0 saturated carbocycles. The number of carbonyl (C=O) groups excluding carboxylic acids is 1. The number of aliphatic hydroxyl groups is 1. The first-order valence-corrected chi connectivity index (χ1v) is 5.18. The van der Waals surface area contributed by atoms with Gasteiger partial charge in [-0.15, -0.1) is 0 Å². The molecule has 0 bridgehead atoms. The van der Waals surface area contributed by atoms with Gasteiger partial charge in [-0.25, -0.2) is 4.79 Å². The van der Waals surface area contributed by atoms with Crippen LogP contribution in [0.5, 0.6) is 0 Å². The Morgan fingerprint density at radius 3 is 2.39 bits per heavy atom. The third-order valence-electron chi connectivity index (χ3n) is 2.58. The molecule has 7 heteroatoms. The molecule has 1 aromatic rings. The summed E-state index contributed by atoms with van der Waals surface area (Å²) in [6.07, 6.45) is -5.72. The summed E-state index contributed by atoms with van der Waals surface area (Å²) in [7, 11) is 0. The number of alkyl halides is 3. The van der Waals surface area contributed by atoms with Gasteiger partial charge < -0.3 is 9.84 Å². The van der Waals surface area contributed by atoms with Crippen LogP contribution < -0.4 is 4.90 Å². The molecular weight excluding hydrogens is 251 g/mol. The number of hydrogen-bond acceptors (Lipinski definition) is 3. The Bertz CT molecular complexity index is 444. The number of ether oxygens (including phenoxy) is 1. The minimum absolute atomic E-state index is 0.126. The van der Waals surface area contributed by atoms with E-state index >= 15 is 0 Å². The van der Waals surface area contributed by atoms with Crippen LogP contribution in [-0.4, -0.2) is 30.5 Å². The van der Waals surface area contributed by atoms with Gasteiger partial charge in [0, 0.05) is 5.69 Å². The molecule has 0 aliphatic carbocycles. The van der Waals surface area contributed by atoms with Crippen LogP contribution in [0.4, 0.5) is 23.7 Å². The zero-order chi connectivity index (χ0) is 13.3. The number of rotatable bonds is 2. The summed E-state index contributed by atoms with van der Waals surface area (Å²) in [6, 6.07) is 4.19. The Morgan fingerprint density at radius 2 is 1.94 bits per heavy atom. The second-order valence-corrected chi connectivity index (χ2v) is 3.84. The number of amides is 1. The van der Waals surface area contributed by atoms with E-state index in [2.05, 4.69) is 0 Å². The minimum Gasteiger partial charge on any atom is -0.441 e. The van der Waals surface area contributed by atoms with Crippen LogP contribution in [0.15, 0.2) is 24.3 Å². The molecule has 98 valence electrons. The fourth-order valence-corrected chi connectivity index (χ4v) is 1.66. The Kier molecular flexibility index (Phi) is 3.16. The van der Waals surface area contributed by atoms with E-state index in [1.807, 2.05) is 0 Å². The van der Waals surface area contributed by atoms with E-state index in [4.69, 9.17) is 9.84 Å². The zero-order valence-corrected chi connectivity index (χ0v) is 9.15. The molecule has 18 heavy (non-hydrogen) atoms. The molecule has 1 unspecified atom stereocenters. The zero-order valence-electron chi connectivity index (χ0n) is 9.15. The predicted molar refractivity (Wildman–Crippen MR) is 56.1 cm³/mol. The quantitative estimate of drug-likeness (QED) is 0.886. The molecule has 1 amide bonds. The summed E-state index contributed by atoms with van der Waals surface area (Å²) in [5.41, 5.74) is -0.471. The van der Waals surface area contributed by atoms with Crippen molar-refractivity contribution in [1.29, 1.82) is 0 Å². The molecule has 1 heterocycles. The van der Waals surface area contributed by atoms with E-state index in [-0.39, 0.29) is 13.2 Å². The van der Waals surface area contributed by atoms with E-state index < -0.39 is 23.9 Å². The molecule has 1 aliphatic heterocycles. The molecule has 0 spiro atoms. The molecule has 1 aliphatic rings. The van der Waals surface area contributed by atoms with Crippen LogP contribution in [0.2, 0.25) is 0 Å². The van der Waals surface area contributed by atoms with Gasteiger partial charge in [0.1, 0.15) is 6.10 Å². The normalized spacial score (nSPS) is 20.1. The first-order valence-electron chi connectivity index (χ1n) is 5.18. The van der Waals surface area contributed by atoms with Crippen LogP contribution in [0.3, 0.4) is 0 Å². The molecule has 2 rings (SSSR count). The third kappa shape index (κ3) is 2.40. The molecule has 0 radical (unpaired) electrons. The van der Waals surface area contributed by atoms with Gasteiger partial charge in [-0.2, -0.15) is 13.2 Å². The van der Waals surface area contributed by atoms with Crippen LogP contribution in [0, 0.1) is 0 Å². The maximum atomic E-state index is 12.4. The monoisotopic (exact) mass is 261 g/mol. The summed E-state index contributed by atoms with van der Waals surface area (Å²) < 4.78 is 41.8. The van der Waals surface area contributed by atoms with Gasteiger partial charge in [0.2, 0.25) is 0 Å². The highest BCUT2D eigenvalue weighted by Crippen LogP contribution is 2.31. The van der Waals surface area contributed by atoms with Crippen molar-refractivity contribution in [2.24, 2.45) is 0 Å². The Balaban J connectivity index is 2.18. The number of anilines is 1. The molecular formula is C11H10F3NO3. The van der Waals surface area contributed by atoms with Crippen LogP contribution in [0.1, 0.15) is 5.56 Å². The highest BCUT2D eigenvalue weighted by molar-refractivity contribution is 5.89. The van der Waals surface area contributed by atoms with E-state index in [0.717, 1.165) is 12.1 Å². The molecule has 0 aromatic heterocycles. The summed E-state index contributed by atoms with van der Waals surface area (Å²) >= 11 is 0. The highest BCUT2D eigenvalue weighted by Gasteiger charge is 2.33. The van der Waals surface area contributed by atoms with Crippen LogP contribution >= 0.6 is 0 Å². The van der Waals surface area contributed by atoms with Gasteiger partial charge in [-0.1, -0.05) is 0 Å². The Hall–Kier alpha value is -1.76. The number of aliphatic hydroxyl groups excluding tert-OH is 1. The smallest absolute Gasteiger partial charge is 0.416 e. The minimum atomic E-state index is -4.41. The maximum absolute atomic E-state index is 12.4. The average molecular weight is 261 g/mol. The largest absolute Gasteiger partial charge is 0.441 e. The van der Waals surface area contributed by atoms with Gasteiger partial charge in [0.15, 0.2) is 0 Å². The lowest BCUT2D eigenvalue weighted by Gasteiger charge is -2.14. The summed E-state index contributed by atoms with van der Waals surface area (Å²) in [5.74, 6) is 0. The fraction of sp³-hybridized carbons (Fsp3) is 0.364. The predicted octanol–water partition coefficient (Wildman–Crippen LogP) is 2.02. The SMILES string of the molecule is O=C1OC(CO)CN1c1ccc(C(F)(F)F)cc1. The van der Waals surface area contributed by atoms with Gasteiger partial charge in [-0.05, 0) is 24.3 Å². The van der Waals surface area contributed by atoms with Gasteiger partial charge in [0.05, 0.1) is 18.7 Å². The van der Waals surface area contributed by atoms with Gasteiger partial charge in [0.25, 0.3) is 0 Å². The molecule has 1 atom stereocenters. The second-order valence-electron chi connectivity index (χ2n) is 3.84. The number of cyclic esters (lactones) is 1. The molecule has 1 aromatic carbocycles. The van der Waals surface area contributed by atoms with Crippen molar-refractivity contribution >= 4 is 11.8 Å². The summed E-state index contributed by atoms with van der Waals surface area (Å²) in [5, 5.41) is 8.85. The first-order chi connectivity index (χ1) is 8.41. The summed E-state index contributed by atoms with van der Waals surface area (Å²) in [4.78, 5) is 12.6. The number of benzene rings is 1. The van der Waals surface area contributed by atoms with E-state index in [0.29, 0.717) is 5.69 Å². The second kappa shape index (κ2) is 4.49. The van der Waals surface area contributed by atoms with E-state index in [9.17, 15) is 18.0 Å². The number of hydrogen-bond donors (Lipinski definition) is 1. The van der Waals surface area contributed by atoms with Gasteiger partial charge >= 0.3 is 12.3 Å².